The molecule has 0 aliphatic rings. The summed E-state index contributed by atoms with van der Waals surface area (Å²) < 4.78 is 5.24. The highest BCUT2D eigenvalue weighted by Gasteiger charge is 2.16. The first kappa shape index (κ1) is 12.6. The predicted molar refractivity (Wildman–Crippen MR) is 54.8 cm³/mol. The largest absolute Gasteiger partial charge is 0.371 e. The van der Waals surface area contributed by atoms with Gasteiger partial charge in [-0.1, -0.05) is 26.7 Å². The van der Waals surface area contributed by atoms with Gasteiger partial charge in [-0.15, -0.1) is 0 Å². The molecular weight excluding hydrogens is 164 g/mol. The quantitative estimate of drug-likeness (QED) is 0.611. The minimum absolute atomic E-state index is 0.217. The Bertz CT molecular complexity index is 139. The smallest absolute Gasteiger partial charge is 0.161 e. The minimum atomic E-state index is -0.217. The summed E-state index contributed by atoms with van der Waals surface area (Å²) >= 11 is 0. The van der Waals surface area contributed by atoms with Crippen molar-refractivity contribution in [1.82, 2.24) is 0 Å². The molecule has 1 unspecified atom stereocenters. The lowest BCUT2D eigenvalue weighted by atomic mass is 9.95. The Morgan fingerprint density at radius 1 is 1.23 bits per heavy atom. The van der Waals surface area contributed by atoms with Crippen molar-refractivity contribution in [3.05, 3.63) is 0 Å². The van der Waals surface area contributed by atoms with Gasteiger partial charge in [0.15, 0.2) is 5.78 Å². The zero-order valence-corrected chi connectivity index (χ0v) is 9.30. The van der Waals surface area contributed by atoms with Gasteiger partial charge in [-0.3, -0.25) is 4.79 Å². The highest BCUT2D eigenvalue weighted by atomic mass is 16.5. The highest BCUT2D eigenvalue weighted by Crippen LogP contribution is 2.14. The van der Waals surface area contributed by atoms with Gasteiger partial charge < -0.3 is 4.74 Å². The molecule has 0 aromatic rings. The van der Waals surface area contributed by atoms with Gasteiger partial charge >= 0.3 is 0 Å². The van der Waals surface area contributed by atoms with E-state index in [1.807, 2.05) is 13.8 Å². The Hall–Kier alpha value is -0.370. The lowest BCUT2D eigenvalue weighted by Crippen LogP contribution is -2.23. The first-order valence-corrected chi connectivity index (χ1v) is 5.29. The van der Waals surface area contributed by atoms with E-state index in [2.05, 4.69) is 13.8 Å². The number of hydrogen-bond donors (Lipinski definition) is 0. The third-order valence-corrected chi connectivity index (χ3v) is 2.51. The third kappa shape index (κ3) is 5.04. The minimum Gasteiger partial charge on any atom is -0.371 e. The summed E-state index contributed by atoms with van der Waals surface area (Å²) in [7, 11) is 0. The van der Waals surface area contributed by atoms with E-state index in [1.54, 1.807) is 0 Å². The summed E-state index contributed by atoms with van der Waals surface area (Å²) in [4.78, 5) is 11.5. The Labute approximate surface area is 81.7 Å². The average Bonchev–Trinajstić information content (AvgIpc) is 2.14. The van der Waals surface area contributed by atoms with Gasteiger partial charge in [0.2, 0.25) is 0 Å². The monoisotopic (exact) mass is 186 g/mol. The Balaban J connectivity index is 3.83. The maximum absolute atomic E-state index is 11.5. The standard InChI is InChI=1S/C11H22O2/c1-5-10(6-2)8-11(12)9(4)13-7-3/h9-10H,5-8H2,1-4H3. The first-order valence-electron chi connectivity index (χ1n) is 5.29. The molecule has 13 heavy (non-hydrogen) atoms. The fraction of sp³-hybridized carbons (Fsp3) is 0.909. The molecule has 0 heterocycles. The normalized spacial score (nSPS) is 13.3. The molecule has 0 amide bonds. The molecule has 78 valence electrons. The van der Waals surface area contributed by atoms with Gasteiger partial charge in [-0.2, -0.15) is 0 Å². The van der Waals surface area contributed by atoms with Crippen molar-refractivity contribution in [2.24, 2.45) is 5.92 Å². The molecule has 0 aromatic heterocycles. The second-order valence-corrected chi connectivity index (χ2v) is 3.45. The van der Waals surface area contributed by atoms with Gasteiger partial charge in [0.25, 0.3) is 0 Å². The summed E-state index contributed by atoms with van der Waals surface area (Å²) in [6.45, 7) is 8.64. The number of ketones is 1. The van der Waals surface area contributed by atoms with E-state index in [0.29, 0.717) is 18.9 Å². The molecular formula is C11H22O2. The van der Waals surface area contributed by atoms with E-state index in [9.17, 15) is 4.79 Å². The number of carbonyl (C=O) groups is 1. The first-order chi connectivity index (χ1) is 6.15. The van der Waals surface area contributed by atoms with E-state index < -0.39 is 0 Å². The number of rotatable bonds is 7. The van der Waals surface area contributed by atoms with Crippen molar-refractivity contribution < 1.29 is 9.53 Å². The molecule has 0 fully saturated rings. The summed E-state index contributed by atoms with van der Waals surface area (Å²) in [5.41, 5.74) is 0. The van der Waals surface area contributed by atoms with E-state index in [-0.39, 0.29) is 11.9 Å². The Morgan fingerprint density at radius 2 is 1.77 bits per heavy atom. The summed E-state index contributed by atoms with van der Waals surface area (Å²) in [6.07, 6.45) is 2.63. The van der Waals surface area contributed by atoms with Crippen molar-refractivity contribution in [3.8, 4) is 0 Å². The van der Waals surface area contributed by atoms with E-state index >= 15 is 0 Å². The molecule has 0 aromatic carbocycles. The van der Waals surface area contributed by atoms with Gasteiger partial charge in [0.05, 0.1) is 0 Å². The molecule has 1 atom stereocenters. The van der Waals surface area contributed by atoms with Crippen LogP contribution < -0.4 is 0 Å². The molecule has 2 nitrogen and oxygen atoms in total. The van der Waals surface area contributed by atoms with Crippen LogP contribution in [0.1, 0.15) is 47.0 Å². The predicted octanol–water partition coefficient (Wildman–Crippen LogP) is 2.81. The molecule has 0 rings (SSSR count). The molecule has 0 aliphatic carbocycles. The van der Waals surface area contributed by atoms with Crippen molar-refractivity contribution in [1.29, 1.82) is 0 Å². The molecule has 0 radical (unpaired) electrons. The topological polar surface area (TPSA) is 26.3 Å². The molecule has 0 aliphatic heterocycles. The summed E-state index contributed by atoms with van der Waals surface area (Å²) in [6, 6.07) is 0. The third-order valence-electron chi connectivity index (χ3n) is 2.51. The van der Waals surface area contributed by atoms with Gasteiger partial charge in [0.1, 0.15) is 6.10 Å². The lowest BCUT2D eigenvalue weighted by molar-refractivity contribution is -0.130. The second-order valence-electron chi connectivity index (χ2n) is 3.45. The molecule has 0 N–H and O–H groups in total. The van der Waals surface area contributed by atoms with Crippen LogP contribution in [-0.4, -0.2) is 18.5 Å². The SMILES string of the molecule is CCOC(C)C(=O)CC(CC)CC. The fourth-order valence-electron chi connectivity index (χ4n) is 1.37. The molecule has 0 saturated heterocycles. The van der Waals surface area contributed by atoms with Gasteiger partial charge in [-0.25, -0.2) is 0 Å². The van der Waals surface area contributed by atoms with Crippen LogP contribution in [0.5, 0.6) is 0 Å². The van der Waals surface area contributed by atoms with Crippen LogP contribution in [-0.2, 0) is 9.53 Å². The zero-order valence-electron chi connectivity index (χ0n) is 9.30. The summed E-state index contributed by atoms with van der Waals surface area (Å²) in [5, 5.41) is 0. The summed E-state index contributed by atoms with van der Waals surface area (Å²) in [5.74, 6) is 0.783. The molecule has 0 spiro atoms. The van der Waals surface area contributed by atoms with Crippen molar-refractivity contribution in [2.45, 2.75) is 53.1 Å². The Morgan fingerprint density at radius 3 is 2.15 bits per heavy atom. The van der Waals surface area contributed by atoms with Crippen LogP contribution in [0.2, 0.25) is 0 Å². The van der Waals surface area contributed by atoms with Crippen molar-refractivity contribution in [2.75, 3.05) is 6.61 Å². The van der Waals surface area contributed by atoms with Crippen molar-refractivity contribution >= 4 is 5.78 Å². The Kier molecular flexibility index (Phi) is 6.87. The van der Waals surface area contributed by atoms with Crippen LogP contribution in [0.15, 0.2) is 0 Å². The van der Waals surface area contributed by atoms with Crippen LogP contribution in [0.25, 0.3) is 0 Å². The fourth-order valence-corrected chi connectivity index (χ4v) is 1.37. The number of hydrogen-bond acceptors (Lipinski definition) is 2. The van der Waals surface area contributed by atoms with Crippen molar-refractivity contribution in [3.63, 3.8) is 0 Å². The van der Waals surface area contributed by atoms with Crippen LogP contribution >= 0.6 is 0 Å². The number of ether oxygens (including phenoxy) is 1. The molecule has 0 saturated carbocycles. The van der Waals surface area contributed by atoms with Gasteiger partial charge in [-0.05, 0) is 19.8 Å². The number of Topliss-reactive ketones (excluding diaryl/α,β-unsaturated/α-hetero) is 1. The van der Waals surface area contributed by atoms with Crippen LogP contribution in [0, 0.1) is 5.92 Å². The number of carbonyl (C=O) groups excluding carboxylic acids is 1. The van der Waals surface area contributed by atoms with E-state index in [0.717, 1.165) is 12.8 Å². The average molecular weight is 186 g/mol. The maximum atomic E-state index is 11.5. The van der Waals surface area contributed by atoms with E-state index in [4.69, 9.17) is 4.74 Å². The van der Waals surface area contributed by atoms with Crippen LogP contribution in [0.4, 0.5) is 0 Å². The van der Waals surface area contributed by atoms with Crippen LogP contribution in [0.3, 0.4) is 0 Å². The van der Waals surface area contributed by atoms with Gasteiger partial charge in [0, 0.05) is 13.0 Å². The van der Waals surface area contributed by atoms with E-state index in [1.165, 1.54) is 0 Å². The zero-order chi connectivity index (χ0) is 10.3. The molecule has 0 bridgehead atoms. The molecule has 2 heteroatoms. The second kappa shape index (κ2) is 7.07. The maximum Gasteiger partial charge on any atom is 0.161 e. The highest BCUT2D eigenvalue weighted by molar-refractivity contribution is 5.82. The lowest BCUT2D eigenvalue weighted by Gasteiger charge is -2.15.